The highest BCUT2D eigenvalue weighted by Gasteiger charge is 2.14. The topological polar surface area (TPSA) is 75.6 Å². The molecule has 2 heterocycles. The van der Waals surface area contributed by atoms with Gasteiger partial charge in [-0.2, -0.15) is 5.10 Å². The van der Waals surface area contributed by atoms with E-state index < -0.39 is 0 Å². The summed E-state index contributed by atoms with van der Waals surface area (Å²) in [7, 11) is 0. The standard InChI is InChI=1S/C15H14FN5OS2/c1-2-21-12(19-20-15(21)23)8-17-13(22)11-7-18-14(24-11)9-5-3-4-6-10(9)16/h3-7H,2,8H2,1H3,(H,17,22)(H,20,23). The number of hydrogen-bond donors (Lipinski definition) is 2. The zero-order valence-electron chi connectivity index (χ0n) is 12.7. The Hall–Kier alpha value is -2.39. The number of H-pyrrole nitrogens is 1. The number of amides is 1. The minimum absolute atomic E-state index is 0.243. The largest absolute Gasteiger partial charge is 0.344 e. The van der Waals surface area contributed by atoms with E-state index in [-0.39, 0.29) is 18.3 Å². The van der Waals surface area contributed by atoms with Crippen LogP contribution in [0.1, 0.15) is 22.4 Å². The smallest absolute Gasteiger partial charge is 0.263 e. The summed E-state index contributed by atoms with van der Waals surface area (Å²) in [5.41, 5.74) is 0.383. The van der Waals surface area contributed by atoms with E-state index in [1.54, 1.807) is 22.8 Å². The molecule has 0 saturated heterocycles. The summed E-state index contributed by atoms with van der Waals surface area (Å²) in [4.78, 5) is 16.8. The molecule has 0 unspecified atom stereocenters. The van der Waals surface area contributed by atoms with Crippen molar-refractivity contribution >= 4 is 29.5 Å². The molecule has 0 saturated carbocycles. The number of carbonyl (C=O) groups excluding carboxylic acids is 1. The summed E-state index contributed by atoms with van der Waals surface area (Å²) in [5, 5.41) is 10.0. The van der Waals surface area contributed by atoms with Crippen molar-refractivity contribution in [2.75, 3.05) is 0 Å². The summed E-state index contributed by atoms with van der Waals surface area (Å²) in [5.74, 6) is -0.00125. The average Bonchev–Trinajstić information content (AvgIpc) is 3.20. The van der Waals surface area contributed by atoms with Gasteiger partial charge in [-0.25, -0.2) is 9.37 Å². The number of thiazole rings is 1. The molecule has 24 heavy (non-hydrogen) atoms. The fourth-order valence-electron chi connectivity index (χ4n) is 2.20. The second kappa shape index (κ2) is 7.02. The molecule has 2 N–H and O–H groups in total. The van der Waals surface area contributed by atoms with Crippen LogP contribution in [0.15, 0.2) is 30.5 Å². The van der Waals surface area contributed by atoms with Crippen molar-refractivity contribution in [2.45, 2.75) is 20.0 Å². The van der Waals surface area contributed by atoms with Gasteiger partial charge in [0.05, 0.1) is 12.7 Å². The first-order valence-corrected chi connectivity index (χ1v) is 8.45. The Bertz CT molecular complexity index is 930. The molecule has 1 aromatic carbocycles. The molecule has 3 aromatic rings. The highest BCUT2D eigenvalue weighted by molar-refractivity contribution is 7.71. The third kappa shape index (κ3) is 3.26. The first-order chi connectivity index (χ1) is 11.6. The van der Waals surface area contributed by atoms with E-state index in [2.05, 4.69) is 20.5 Å². The molecule has 0 bridgehead atoms. The Labute approximate surface area is 146 Å². The van der Waals surface area contributed by atoms with Gasteiger partial charge in [0.15, 0.2) is 10.6 Å². The van der Waals surface area contributed by atoms with E-state index in [0.717, 1.165) is 11.3 Å². The Kier molecular flexibility index (Phi) is 4.81. The fraction of sp³-hybridized carbons (Fsp3) is 0.200. The maximum atomic E-state index is 13.8. The van der Waals surface area contributed by atoms with E-state index in [1.165, 1.54) is 12.3 Å². The molecule has 3 rings (SSSR count). The van der Waals surface area contributed by atoms with Crippen molar-refractivity contribution in [2.24, 2.45) is 0 Å². The van der Waals surface area contributed by atoms with Crippen LogP contribution in [0.5, 0.6) is 0 Å². The molecule has 0 fully saturated rings. The van der Waals surface area contributed by atoms with E-state index in [4.69, 9.17) is 12.2 Å². The predicted octanol–water partition coefficient (Wildman–Crippen LogP) is 3.15. The van der Waals surface area contributed by atoms with Crippen molar-refractivity contribution < 1.29 is 9.18 Å². The molecule has 9 heteroatoms. The average molecular weight is 363 g/mol. The van der Waals surface area contributed by atoms with Gasteiger partial charge in [-0.1, -0.05) is 12.1 Å². The molecule has 2 aromatic heterocycles. The molecule has 1 amide bonds. The number of rotatable bonds is 5. The van der Waals surface area contributed by atoms with Gasteiger partial charge in [-0.15, -0.1) is 11.3 Å². The lowest BCUT2D eigenvalue weighted by atomic mass is 10.2. The first kappa shape index (κ1) is 16.5. The Morgan fingerprint density at radius 1 is 1.46 bits per heavy atom. The Balaban J connectivity index is 1.72. The Morgan fingerprint density at radius 2 is 2.25 bits per heavy atom. The van der Waals surface area contributed by atoms with Crippen LogP contribution in [0.3, 0.4) is 0 Å². The van der Waals surface area contributed by atoms with Crippen LogP contribution >= 0.6 is 23.6 Å². The number of hydrogen-bond acceptors (Lipinski definition) is 5. The van der Waals surface area contributed by atoms with Gasteiger partial charge in [0, 0.05) is 12.1 Å². The minimum atomic E-state index is -0.364. The Morgan fingerprint density at radius 3 is 3.00 bits per heavy atom. The van der Waals surface area contributed by atoms with E-state index >= 15 is 0 Å². The molecule has 0 aliphatic rings. The van der Waals surface area contributed by atoms with Crippen molar-refractivity contribution in [3.63, 3.8) is 0 Å². The molecular formula is C15H14FN5OS2. The lowest BCUT2D eigenvalue weighted by Gasteiger charge is -2.04. The highest BCUT2D eigenvalue weighted by Crippen LogP contribution is 2.27. The van der Waals surface area contributed by atoms with Gasteiger partial charge in [-0.05, 0) is 31.3 Å². The van der Waals surface area contributed by atoms with Gasteiger partial charge in [0.2, 0.25) is 0 Å². The van der Waals surface area contributed by atoms with E-state index in [0.29, 0.717) is 32.6 Å². The summed E-state index contributed by atoms with van der Waals surface area (Å²) >= 11 is 6.24. The first-order valence-electron chi connectivity index (χ1n) is 7.23. The second-order valence-electron chi connectivity index (χ2n) is 4.88. The molecule has 0 aliphatic heterocycles. The SMILES string of the molecule is CCn1c(CNC(=O)c2cnc(-c3ccccc3F)s2)n[nH]c1=S. The summed E-state index contributed by atoms with van der Waals surface area (Å²) in [6.07, 6.45) is 1.44. The third-order valence-electron chi connectivity index (χ3n) is 3.39. The van der Waals surface area contributed by atoms with Gasteiger partial charge < -0.3 is 9.88 Å². The molecule has 0 radical (unpaired) electrons. The van der Waals surface area contributed by atoms with Gasteiger partial charge >= 0.3 is 0 Å². The number of nitrogens with one attached hydrogen (secondary N) is 2. The van der Waals surface area contributed by atoms with Gasteiger partial charge in [0.25, 0.3) is 5.91 Å². The van der Waals surface area contributed by atoms with E-state index in [1.807, 2.05) is 6.92 Å². The fourth-order valence-corrected chi connectivity index (χ4v) is 3.34. The van der Waals surface area contributed by atoms with Crippen LogP contribution in [0.25, 0.3) is 10.6 Å². The second-order valence-corrected chi connectivity index (χ2v) is 6.30. The highest BCUT2D eigenvalue weighted by atomic mass is 32.1. The maximum absolute atomic E-state index is 13.8. The normalized spacial score (nSPS) is 10.8. The van der Waals surface area contributed by atoms with Crippen molar-refractivity contribution in [3.05, 3.63) is 51.8 Å². The maximum Gasteiger partial charge on any atom is 0.263 e. The summed E-state index contributed by atoms with van der Waals surface area (Å²) < 4.78 is 16.1. The zero-order valence-corrected chi connectivity index (χ0v) is 14.4. The van der Waals surface area contributed by atoms with Crippen LogP contribution < -0.4 is 5.32 Å². The van der Waals surface area contributed by atoms with Crippen molar-refractivity contribution in [1.82, 2.24) is 25.1 Å². The number of benzene rings is 1. The van der Waals surface area contributed by atoms with Crippen LogP contribution in [-0.2, 0) is 13.1 Å². The molecule has 0 atom stereocenters. The lowest BCUT2D eigenvalue weighted by Crippen LogP contribution is -2.24. The summed E-state index contributed by atoms with van der Waals surface area (Å²) in [6, 6.07) is 6.34. The van der Waals surface area contributed by atoms with Crippen molar-refractivity contribution in [1.29, 1.82) is 0 Å². The third-order valence-corrected chi connectivity index (χ3v) is 4.74. The number of nitrogens with zero attached hydrogens (tertiary/aromatic N) is 3. The number of carbonyl (C=O) groups is 1. The zero-order chi connectivity index (χ0) is 17.1. The predicted molar refractivity (Wildman–Crippen MR) is 91.8 cm³/mol. The van der Waals surface area contributed by atoms with Crippen molar-refractivity contribution in [3.8, 4) is 10.6 Å². The molecule has 0 spiro atoms. The van der Waals surface area contributed by atoms with Crippen LogP contribution in [0.4, 0.5) is 4.39 Å². The van der Waals surface area contributed by atoms with Crippen LogP contribution in [-0.4, -0.2) is 25.7 Å². The van der Waals surface area contributed by atoms with Crippen LogP contribution in [0, 0.1) is 10.6 Å². The minimum Gasteiger partial charge on any atom is -0.344 e. The molecule has 124 valence electrons. The molecule has 0 aliphatic carbocycles. The number of halogens is 1. The quantitative estimate of drug-likeness (QED) is 0.683. The molecular weight excluding hydrogens is 349 g/mol. The number of aromatic nitrogens is 4. The molecule has 6 nitrogen and oxygen atoms in total. The lowest BCUT2D eigenvalue weighted by molar-refractivity contribution is 0.0953. The van der Waals surface area contributed by atoms with E-state index in [9.17, 15) is 9.18 Å². The van der Waals surface area contributed by atoms with Gasteiger partial charge in [-0.3, -0.25) is 9.89 Å². The summed E-state index contributed by atoms with van der Waals surface area (Å²) in [6.45, 7) is 2.85. The van der Waals surface area contributed by atoms with Crippen LogP contribution in [0.2, 0.25) is 0 Å². The van der Waals surface area contributed by atoms with Gasteiger partial charge in [0.1, 0.15) is 15.7 Å². The number of aromatic amines is 1. The monoisotopic (exact) mass is 363 g/mol.